The molecule has 4 nitrogen and oxygen atoms in total. The molecule has 2 aromatic carbocycles. The van der Waals surface area contributed by atoms with Gasteiger partial charge in [0.25, 0.3) is 0 Å². The van der Waals surface area contributed by atoms with Crippen LogP contribution in [0.4, 0.5) is 5.69 Å². The minimum absolute atomic E-state index is 0.0730. The average molecular weight is 573 g/mol. The molecular weight excluding hydrogens is 538 g/mol. The van der Waals surface area contributed by atoms with Crippen molar-refractivity contribution >= 4 is 27.4 Å². The standard InChI is InChI=1S/C33H34BrNO3/c1-32-19-28(22-6-10-25(11-7-22)35(2)3)30-27-13-12-26(36)18-23(27)20-38-31(30)29(32)15-17-33(32,37)16-14-21-4-8-24(34)9-5-21/h4-11,18,28-29,31,37H,12-13,15,17,19-20H2,1-3H3/t28?,29-,31?,32?,33-/m0/s1. The van der Waals surface area contributed by atoms with E-state index in [0.29, 0.717) is 19.4 Å². The topological polar surface area (TPSA) is 49.8 Å². The minimum atomic E-state index is -1.11. The van der Waals surface area contributed by atoms with Crippen LogP contribution in [0.3, 0.4) is 0 Å². The van der Waals surface area contributed by atoms with E-state index in [9.17, 15) is 9.90 Å². The van der Waals surface area contributed by atoms with Gasteiger partial charge in [0, 0.05) is 47.6 Å². The summed E-state index contributed by atoms with van der Waals surface area (Å²) in [6.07, 6.45) is 5.37. The molecule has 1 aliphatic heterocycles. The number of allylic oxidation sites excluding steroid dienone is 1. The molecular formula is C33H34BrNO3. The summed E-state index contributed by atoms with van der Waals surface area (Å²) in [4.78, 5) is 14.4. The number of carbonyl (C=O) groups is 1. The molecule has 5 heteroatoms. The highest BCUT2D eigenvalue weighted by Gasteiger charge is 2.63. The Bertz CT molecular complexity index is 1390. The van der Waals surface area contributed by atoms with Crippen molar-refractivity contribution in [2.45, 2.75) is 56.7 Å². The summed E-state index contributed by atoms with van der Waals surface area (Å²) in [6.45, 7) is 2.69. The van der Waals surface area contributed by atoms with E-state index < -0.39 is 11.0 Å². The summed E-state index contributed by atoms with van der Waals surface area (Å²) >= 11 is 3.49. The molecule has 3 unspecified atom stereocenters. The van der Waals surface area contributed by atoms with Crippen LogP contribution in [-0.4, -0.2) is 43.3 Å². The van der Waals surface area contributed by atoms with E-state index >= 15 is 0 Å². The third kappa shape index (κ3) is 4.18. The summed E-state index contributed by atoms with van der Waals surface area (Å²) in [5, 5.41) is 12.2. The zero-order valence-electron chi connectivity index (χ0n) is 22.3. The molecule has 4 aliphatic rings. The van der Waals surface area contributed by atoms with E-state index in [1.807, 2.05) is 24.3 Å². The SMILES string of the molecule is CN(C)c1ccc(C2CC3(C)[C@@H](CC[C@@]3(O)C#Cc3ccc(Br)cc3)C3OCC4=CC(=O)CCC4=C23)cc1. The predicted molar refractivity (Wildman–Crippen MR) is 154 cm³/mol. The Morgan fingerprint density at radius 3 is 2.53 bits per heavy atom. The molecule has 6 rings (SSSR count). The molecule has 2 aromatic rings. The molecule has 0 amide bonds. The number of fused-ring (bicyclic) bond motifs is 4. The van der Waals surface area contributed by atoms with Crippen molar-refractivity contribution in [1.82, 2.24) is 0 Å². The van der Waals surface area contributed by atoms with Gasteiger partial charge in [0.05, 0.1) is 12.7 Å². The van der Waals surface area contributed by atoms with E-state index in [0.717, 1.165) is 40.6 Å². The van der Waals surface area contributed by atoms with Crippen molar-refractivity contribution in [3.63, 3.8) is 0 Å². The molecule has 5 atom stereocenters. The second kappa shape index (κ2) is 9.52. The summed E-state index contributed by atoms with van der Waals surface area (Å²) in [5.41, 5.74) is 5.46. The first kappa shape index (κ1) is 25.6. The van der Waals surface area contributed by atoms with Crippen molar-refractivity contribution in [3.8, 4) is 11.8 Å². The number of ketones is 1. The van der Waals surface area contributed by atoms with Gasteiger partial charge < -0.3 is 14.7 Å². The highest BCUT2D eigenvalue weighted by atomic mass is 79.9. The van der Waals surface area contributed by atoms with Gasteiger partial charge in [-0.2, -0.15) is 0 Å². The van der Waals surface area contributed by atoms with Crippen LogP contribution in [0.1, 0.15) is 56.1 Å². The number of hydrogen-bond acceptors (Lipinski definition) is 4. The van der Waals surface area contributed by atoms with E-state index in [-0.39, 0.29) is 23.7 Å². The van der Waals surface area contributed by atoms with Crippen LogP contribution in [0.5, 0.6) is 0 Å². The van der Waals surface area contributed by atoms with Gasteiger partial charge in [-0.05, 0) is 96.4 Å². The predicted octanol–water partition coefficient (Wildman–Crippen LogP) is 6.19. The van der Waals surface area contributed by atoms with Crippen LogP contribution in [0.2, 0.25) is 0 Å². The maximum atomic E-state index is 12.2. The summed E-state index contributed by atoms with van der Waals surface area (Å²) in [7, 11) is 4.10. The van der Waals surface area contributed by atoms with Crippen LogP contribution in [0.15, 0.2) is 75.8 Å². The molecule has 38 heavy (non-hydrogen) atoms. The molecule has 1 heterocycles. The van der Waals surface area contributed by atoms with Crippen LogP contribution < -0.4 is 4.90 Å². The molecule has 0 aromatic heterocycles. The van der Waals surface area contributed by atoms with Gasteiger partial charge in [0.15, 0.2) is 5.78 Å². The van der Waals surface area contributed by atoms with E-state index in [1.165, 1.54) is 16.7 Å². The first-order valence-corrected chi connectivity index (χ1v) is 14.3. The molecule has 0 saturated heterocycles. The molecule has 1 N–H and O–H groups in total. The number of ether oxygens (including phenoxy) is 1. The van der Waals surface area contributed by atoms with Gasteiger partial charge in [0.1, 0.15) is 5.60 Å². The first-order valence-electron chi connectivity index (χ1n) is 13.6. The minimum Gasteiger partial charge on any atom is -0.378 e. The first-order chi connectivity index (χ1) is 18.2. The highest BCUT2D eigenvalue weighted by Crippen LogP contribution is 2.64. The van der Waals surface area contributed by atoms with Crippen LogP contribution in [0, 0.1) is 23.2 Å². The Hall–Kier alpha value is -2.65. The van der Waals surface area contributed by atoms with Gasteiger partial charge in [-0.25, -0.2) is 0 Å². The maximum Gasteiger partial charge on any atom is 0.156 e. The number of halogens is 1. The monoisotopic (exact) mass is 571 g/mol. The number of carbonyl (C=O) groups excluding carboxylic acids is 1. The van der Waals surface area contributed by atoms with Crippen molar-refractivity contribution in [1.29, 1.82) is 0 Å². The molecule has 0 bridgehead atoms. The third-order valence-corrected chi connectivity index (χ3v) is 9.97. The van der Waals surface area contributed by atoms with Gasteiger partial charge in [-0.3, -0.25) is 4.79 Å². The number of aliphatic hydroxyl groups is 1. The Morgan fingerprint density at radius 1 is 1.08 bits per heavy atom. The van der Waals surface area contributed by atoms with Crippen molar-refractivity contribution in [3.05, 3.63) is 86.9 Å². The summed E-state index contributed by atoms with van der Waals surface area (Å²) in [6, 6.07) is 16.7. The fourth-order valence-electron chi connectivity index (χ4n) is 7.23. The summed E-state index contributed by atoms with van der Waals surface area (Å²) in [5.74, 6) is 7.09. The molecule has 0 spiro atoms. The lowest BCUT2D eigenvalue weighted by atomic mass is 9.55. The van der Waals surface area contributed by atoms with E-state index in [2.05, 4.69) is 78.0 Å². The van der Waals surface area contributed by atoms with Crippen molar-refractivity contribution < 1.29 is 14.6 Å². The smallest absolute Gasteiger partial charge is 0.156 e. The number of rotatable bonds is 2. The lowest BCUT2D eigenvalue weighted by Crippen LogP contribution is -2.53. The Balaban J connectivity index is 1.45. The fraction of sp³-hybridized carbons (Fsp3) is 0.424. The van der Waals surface area contributed by atoms with Crippen LogP contribution in [0.25, 0.3) is 0 Å². The molecule has 2 saturated carbocycles. The van der Waals surface area contributed by atoms with Gasteiger partial charge in [-0.15, -0.1) is 0 Å². The van der Waals surface area contributed by atoms with E-state index in [1.54, 1.807) is 6.08 Å². The fourth-order valence-corrected chi connectivity index (χ4v) is 7.50. The second-order valence-corrected chi connectivity index (χ2v) is 12.6. The lowest BCUT2D eigenvalue weighted by molar-refractivity contribution is -0.115. The zero-order chi connectivity index (χ0) is 26.7. The van der Waals surface area contributed by atoms with Gasteiger partial charge >= 0.3 is 0 Å². The number of benzene rings is 2. The molecule has 196 valence electrons. The van der Waals surface area contributed by atoms with Crippen LogP contribution in [-0.2, 0) is 9.53 Å². The van der Waals surface area contributed by atoms with E-state index in [4.69, 9.17) is 4.74 Å². The lowest BCUT2D eigenvalue weighted by Gasteiger charge is -2.53. The number of anilines is 1. The van der Waals surface area contributed by atoms with Gasteiger partial charge in [-0.1, -0.05) is 46.8 Å². The quantitative estimate of drug-likeness (QED) is 0.437. The molecule has 2 fully saturated rings. The maximum absolute atomic E-state index is 12.2. The number of nitrogens with zero attached hydrogens (tertiary/aromatic N) is 1. The van der Waals surface area contributed by atoms with Crippen molar-refractivity contribution in [2.75, 3.05) is 25.6 Å². The molecule has 3 aliphatic carbocycles. The molecule has 0 radical (unpaired) electrons. The Kier molecular flexibility index (Phi) is 6.42. The average Bonchev–Trinajstić information content (AvgIpc) is 3.18. The van der Waals surface area contributed by atoms with Crippen molar-refractivity contribution in [2.24, 2.45) is 11.3 Å². The third-order valence-electron chi connectivity index (χ3n) is 9.44. The second-order valence-electron chi connectivity index (χ2n) is 11.7. The largest absolute Gasteiger partial charge is 0.378 e. The summed E-state index contributed by atoms with van der Waals surface area (Å²) < 4.78 is 7.62. The Morgan fingerprint density at radius 2 is 1.82 bits per heavy atom. The zero-order valence-corrected chi connectivity index (χ0v) is 23.8. The number of hydrogen-bond donors (Lipinski definition) is 1. The van der Waals surface area contributed by atoms with Crippen LogP contribution >= 0.6 is 15.9 Å². The Labute approximate surface area is 233 Å². The van der Waals surface area contributed by atoms with Gasteiger partial charge in [0.2, 0.25) is 0 Å². The normalized spacial score (nSPS) is 32.0. The highest BCUT2D eigenvalue weighted by molar-refractivity contribution is 9.10.